The van der Waals surface area contributed by atoms with Gasteiger partial charge in [-0.05, 0) is 18.8 Å². The van der Waals surface area contributed by atoms with Crippen LogP contribution in [0.15, 0.2) is 0 Å². The quantitative estimate of drug-likeness (QED) is 0.650. The van der Waals surface area contributed by atoms with Crippen molar-refractivity contribution >= 4 is 5.91 Å². The first kappa shape index (κ1) is 12.4. The molecule has 0 bridgehead atoms. The molecule has 1 aliphatic heterocycles. The van der Waals surface area contributed by atoms with E-state index in [1.54, 1.807) is 0 Å². The zero-order valence-electron chi connectivity index (χ0n) is 9.20. The summed E-state index contributed by atoms with van der Waals surface area (Å²) in [7, 11) is 1.49. The molecule has 5 nitrogen and oxygen atoms in total. The summed E-state index contributed by atoms with van der Waals surface area (Å²) in [6.45, 7) is 2.44. The van der Waals surface area contributed by atoms with Crippen molar-refractivity contribution in [1.82, 2.24) is 5.32 Å². The highest BCUT2D eigenvalue weighted by atomic mass is 16.5. The van der Waals surface area contributed by atoms with Crippen molar-refractivity contribution in [2.24, 2.45) is 11.7 Å². The number of methoxy groups -OCH3 is 1. The molecule has 1 amide bonds. The number of amides is 1. The molecule has 0 aromatic heterocycles. The van der Waals surface area contributed by atoms with Crippen LogP contribution >= 0.6 is 0 Å². The molecule has 0 aromatic rings. The maximum Gasteiger partial charge on any atom is 0.250 e. The summed E-state index contributed by atoms with van der Waals surface area (Å²) < 4.78 is 10.3. The minimum absolute atomic E-state index is 0.134. The first-order chi connectivity index (χ1) is 7.27. The fourth-order valence-corrected chi connectivity index (χ4v) is 1.64. The second-order valence-electron chi connectivity index (χ2n) is 3.79. The van der Waals surface area contributed by atoms with Gasteiger partial charge in [-0.2, -0.15) is 0 Å². The summed E-state index contributed by atoms with van der Waals surface area (Å²) in [5, 5.41) is 2.83. The van der Waals surface area contributed by atoms with Crippen molar-refractivity contribution in [3.63, 3.8) is 0 Å². The van der Waals surface area contributed by atoms with E-state index < -0.39 is 6.10 Å². The predicted molar refractivity (Wildman–Crippen MR) is 56.4 cm³/mol. The summed E-state index contributed by atoms with van der Waals surface area (Å²) >= 11 is 0. The highest BCUT2D eigenvalue weighted by molar-refractivity contribution is 5.80. The normalized spacial score (nSPS) is 23.5. The molecule has 2 atom stereocenters. The van der Waals surface area contributed by atoms with E-state index in [4.69, 9.17) is 15.2 Å². The average molecular weight is 216 g/mol. The van der Waals surface area contributed by atoms with Gasteiger partial charge in [-0.25, -0.2) is 0 Å². The van der Waals surface area contributed by atoms with Gasteiger partial charge in [-0.1, -0.05) is 0 Å². The van der Waals surface area contributed by atoms with E-state index in [2.05, 4.69) is 5.32 Å². The van der Waals surface area contributed by atoms with Gasteiger partial charge in [0, 0.05) is 26.8 Å². The number of nitrogens with two attached hydrogens (primary N) is 1. The molecule has 15 heavy (non-hydrogen) atoms. The molecule has 0 aliphatic carbocycles. The van der Waals surface area contributed by atoms with E-state index in [9.17, 15) is 4.79 Å². The molecule has 1 heterocycles. The summed E-state index contributed by atoms with van der Waals surface area (Å²) in [4.78, 5) is 11.5. The minimum atomic E-state index is -0.533. The van der Waals surface area contributed by atoms with Crippen LogP contribution in [0, 0.1) is 5.92 Å². The SMILES string of the molecule is COC(CN)C(=O)NCC1CCCOC1. The largest absolute Gasteiger partial charge is 0.381 e. The monoisotopic (exact) mass is 216 g/mol. The Morgan fingerprint density at radius 3 is 3.07 bits per heavy atom. The van der Waals surface area contributed by atoms with Gasteiger partial charge < -0.3 is 20.5 Å². The Hall–Kier alpha value is -0.650. The molecule has 5 heteroatoms. The minimum Gasteiger partial charge on any atom is -0.381 e. The molecule has 1 aliphatic rings. The van der Waals surface area contributed by atoms with Crippen LogP contribution in [0.5, 0.6) is 0 Å². The second kappa shape index (κ2) is 6.76. The summed E-state index contributed by atoms with van der Waals surface area (Å²) in [6, 6.07) is 0. The third-order valence-corrected chi connectivity index (χ3v) is 2.61. The van der Waals surface area contributed by atoms with Crippen molar-refractivity contribution in [2.45, 2.75) is 18.9 Å². The van der Waals surface area contributed by atoms with Gasteiger partial charge in [-0.3, -0.25) is 4.79 Å². The molecule has 3 N–H and O–H groups in total. The van der Waals surface area contributed by atoms with Crippen molar-refractivity contribution in [1.29, 1.82) is 0 Å². The average Bonchev–Trinajstić information content (AvgIpc) is 2.29. The molecule has 1 saturated heterocycles. The molecule has 1 fully saturated rings. The standard InChI is InChI=1S/C10H20N2O3/c1-14-9(5-11)10(13)12-6-8-3-2-4-15-7-8/h8-9H,2-7,11H2,1H3,(H,12,13). The van der Waals surface area contributed by atoms with Gasteiger partial charge >= 0.3 is 0 Å². The van der Waals surface area contributed by atoms with Crippen molar-refractivity contribution < 1.29 is 14.3 Å². The Labute approximate surface area is 90.3 Å². The van der Waals surface area contributed by atoms with Crippen LogP contribution in [0.2, 0.25) is 0 Å². The van der Waals surface area contributed by atoms with Crippen molar-refractivity contribution in [3.05, 3.63) is 0 Å². The zero-order valence-corrected chi connectivity index (χ0v) is 9.20. The van der Waals surface area contributed by atoms with Gasteiger partial charge in [0.2, 0.25) is 5.91 Å². The van der Waals surface area contributed by atoms with Crippen LogP contribution in [0.3, 0.4) is 0 Å². The van der Waals surface area contributed by atoms with E-state index >= 15 is 0 Å². The summed E-state index contributed by atoms with van der Waals surface area (Å²) in [5.41, 5.74) is 5.38. The van der Waals surface area contributed by atoms with Gasteiger partial charge in [0.15, 0.2) is 0 Å². The highest BCUT2D eigenvalue weighted by Crippen LogP contribution is 2.12. The van der Waals surface area contributed by atoms with Gasteiger partial charge in [0.25, 0.3) is 0 Å². The third kappa shape index (κ3) is 4.15. The van der Waals surface area contributed by atoms with Gasteiger partial charge in [0.05, 0.1) is 6.61 Å². The van der Waals surface area contributed by atoms with E-state index in [-0.39, 0.29) is 12.5 Å². The van der Waals surface area contributed by atoms with E-state index in [1.165, 1.54) is 7.11 Å². The Balaban J connectivity index is 2.20. The highest BCUT2D eigenvalue weighted by Gasteiger charge is 2.18. The van der Waals surface area contributed by atoms with Gasteiger partial charge in [-0.15, -0.1) is 0 Å². The lowest BCUT2D eigenvalue weighted by molar-refractivity contribution is -0.130. The molecule has 2 unspecified atom stereocenters. The lowest BCUT2D eigenvalue weighted by atomic mass is 10.0. The molecule has 0 aromatic carbocycles. The Bertz CT molecular complexity index is 189. The third-order valence-electron chi connectivity index (χ3n) is 2.61. The summed E-state index contributed by atoms with van der Waals surface area (Å²) in [5.74, 6) is 0.295. The molecular formula is C10H20N2O3. The van der Waals surface area contributed by atoms with E-state index in [0.29, 0.717) is 12.5 Å². The van der Waals surface area contributed by atoms with Gasteiger partial charge in [0.1, 0.15) is 6.10 Å². The lowest BCUT2D eigenvalue weighted by Crippen LogP contribution is -2.43. The number of ether oxygens (including phenoxy) is 2. The molecule has 0 spiro atoms. The first-order valence-corrected chi connectivity index (χ1v) is 5.36. The maximum atomic E-state index is 11.5. The maximum absolute atomic E-state index is 11.5. The van der Waals surface area contributed by atoms with Crippen LogP contribution in [0.25, 0.3) is 0 Å². The van der Waals surface area contributed by atoms with Crippen LogP contribution in [-0.4, -0.2) is 45.4 Å². The Kier molecular flexibility index (Phi) is 5.60. The van der Waals surface area contributed by atoms with Crippen LogP contribution in [-0.2, 0) is 14.3 Å². The van der Waals surface area contributed by atoms with Crippen molar-refractivity contribution in [2.75, 3.05) is 33.4 Å². The van der Waals surface area contributed by atoms with Crippen LogP contribution < -0.4 is 11.1 Å². The van der Waals surface area contributed by atoms with Crippen LogP contribution in [0.4, 0.5) is 0 Å². The fraction of sp³-hybridized carbons (Fsp3) is 0.900. The topological polar surface area (TPSA) is 73.6 Å². The number of hydrogen-bond donors (Lipinski definition) is 2. The van der Waals surface area contributed by atoms with E-state index in [0.717, 1.165) is 26.1 Å². The molecule has 88 valence electrons. The number of carbonyl (C=O) groups excluding carboxylic acids is 1. The Morgan fingerprint density at radius 1 is 1.73 bits per heavy atom. The lowest BCUT2D eigenvalue weighted by Gasteiger charge is -2.23. The first-order valence-electron chi connectivity index (χ1n) is 5.36. The summed E-state index contributed by atoms with van der Waals surface area (Å²) in [6.07, 6.45) is 1.65. The number of nitrogens with one attached hydrogen (secondary N) is 1. The molecular weight excluding hydrogens is 196 g/mol. The smallest absolute Gasteiger partial charge is 0.250 e. The number of hydrogen-bond acceptors (Lipinski definition) is 4. The number of rotatable bonds is 5. The Morgan fingerprint density at radius 2 is 2.53 bits per heavy atom. The fourth-order valence-electron chi connectivity index (χ4n) is 1.64. The van der Waals surface area contributed by atoms with E-state index in [1.807, 2.05) is 0 Å². The van der Waals surface area contributed by atoms with Crippen LogP contribution in [0.1, 0.15) is 12.8 Å². The number of carbonyl (C=O) groups is 1. The zero-order chi connectivity index (χ0) is 11.1. The molecule has 0 radical (unpaired) electrons. The second-order valence-corrected chi connectivity index (χ2v) is 3.79. The predicted octanol–water partition coefficient (Wildman–Crippen LogP) is -0.497. The molecule has 0 saturated carbocycles. The van der Waals surface area contributed by atoms with Crippen molar-refractivity contribution in [3.8, 4) is 0 Å². The molecule has 1 rings (SSSR count).